The van der Waals surface area contributed by atoms with E-state index in [1.54, 1.807) is 24.3 Å². The third-order valence-electron chi connectivity index (χ3n) is 3.26. The van der Waals surface area contributed by atoms with E-state index in [9.17, 15) is 14.7 Å². The minimum atomic E-state index is -1.33. The van der Waals surface area contributed by atoms with Crippen LogP contribution >= 0.6 is 11.6 Å². The summed E-state index contributed by atoms with van der Waals surface area (Å²) in [6.45, 7) is -0.571. The molecule has 0 spiro atoms. The maximum atomic E-state index is 12.6. The molecule has 5 nitrogen and oxygen atoms in total. The summed E-state index contributed by atoms with van der Waals surface area (Å²) in [5.41, 5.74) is 1.23. The summed E-state index contributed by atoms with van der Waals surface area (Å²) in [6, 6.07) is 11.4. The molecule has 0 fully saturated rings. The van der Waals surface area contributed by atoms with Gasteiger partial charge in [0.2, 0.25) is 0 Å². The normalized spacial score (nSPS) is 10.7. The molecule has 3 rings (SSSR count). The van der Waals surface area contributed by atoms with Crippen LogP contribution in [0.1, 0.15) is 0 Å². The summed E-state index contributed by atoms with van der Waals surface area (Å²) in [7, 11) is 0. The number of rotatable bonds is 4. The molecular weight excluding hydrogens is 320 g/mol. The highest BCUT2D eigenvalue weighted by atomic mass is 35.5. The topological polar surface area (TPSA) is 79.6 Å². The molecule has 0 aliphatic heterocycles. The summed E-state index contributed by atoms with van der Waals surface area (Å²) in [5.74, 6) is -1.05. The number of ether oxygens (including phenoxy) is 1. The Bertz CT molecular complexity index is 928. The summed E-state index contributed by atoms with van der Waals surface area (Å²) >= 11 is 5.84. The van der Waals surface area contributed by atoms with Crippen molar-refractivity contribution in [2.24, 2.45) is 0 Å². The number of carboxylic acids is 1. The van der Waals surface area contributed by atoms with Gasteiger partial charge in [-0.15, -0.1) is 0 Å². The largest absolute Gasteiger partial charge is 0.546 e. The Labute approximate surface area is 135 Å². The number of carboxylic acid groups (broad SMARTS) is 1. The number of hydrogen-bond acceptors (Lipinski definition) is 5. The molecule has 1 heterocycles. The van der Waals surface area contributed by atoms with Gasteiger partial charge in [-0.1, -0.05) is 23.7 Å². The van der Waals surface area contributed by atoms with Crippen molar-refractivity contribution in [2.45, 2.75) is 0 Å². The molecule has 0 unspecified atom stereocenters. The van der Waals surface area contributed by atoms with Crippen molar-refractivity contribution in [1.29, 1.82) is 0 Å². The molecule has 23 heavy (non-hydrogen) atoms. The number of benzene rings is 2. The molecular formula is C17H10ClO5-. The van der Waals surface area contributed by atoms with Gasteiger partial charge in [-0.05, 0) is 29.8 Å². The lowest BCUT2D eigenvalue weighted by Gasteiger charge is -2.08. The zero-order chi connectivity index (χ0) is 16.4. The predicted octanol–water partition coefficient (Wildman–Crippen LogP) is 2.24. The van der Waals surface area contributed by atoms with E-state index in [2.05, 4.69) is 0 Å². The first kappa shape index (κ1) is 15.1. The second kappa shape index (κ2) is 6.14. The standard InChI is InChI=1S/C17H11ClO5/c18-11-3-1-10(2-4-11)14-8-23-15-7-12(22-9-16(19)20)5-6-13(15)17(14)21/h1-8H,9H2,(H,19,20)/p-1. The van der Waals surface area contributed by atoms with Crippen molar-refractivity contribution < 1.29 is 19.1 Å². The van der Waals surface area contributed by atoms with Gasteiger partial charge in [-0.3, -0.25) is 4.79 Å². The van der Waals surface area contributed by atoms with Crippen molar-refractivity contribution in [2.75, 3.05) is 6.61 Å². The average Bonchev–Trinajstić information content (AvgIpc) is 2.54. The maximum Gasteiger partial charge on any atom is 0.200 e. The SMILES string of the molecule is O=C([O-])COc1ccc2c(=O)c(-c3ccc(Cl)cc3)coc2c1. The Hall–Kier alpha value is -2.79. The van der Waals surface area contributed by atoms with E-state index in [1.165, 1.54) is 24.5 Å². The van der Waals surface area contributed by atoms with Crippen molar-refractivity contribution in [3.63, 3.8) is 0 Å². The molecule has 2 aromatic carbocycles. The molecule has 116 valence electrons. The van der Waals surface area contributed by atoms with Crippen LogP contribution in [0.2, 0.25) is 5.02 Å². The van der Waals surface area contributed by atoms with Crippen LogP contribution in [0, 0.1) is 0 Å². The zero-order valence-electron chi connectivity index (χ0n) is 11.7. The third kappa shape index (κ3) is 3.19. The minimum absolute atomic E-state index is 0.194. The first-order valence-electron chi connectivity index (χ1n) is 6.69. The molecule has 0 atom stereocenters. The van der Waals surface area contributed by atoms with E-state index < -0.39 is 12.6 Å². The Balaban J connectivity index is 2.02. The molecule has 0 radical (unpaired) electrons. The molecule has 0 aliphatic rings. The molecule has 0 saturated heterocycles. The third-order valence-corrected chi connectivity index (χ3v) is 3.51. The Kier molecular flexibility index (Phi) is 4.04. The van der Waals surface area contributed by atoms with E-state index >= 15 is 0 Å². The van der Waals surface area contributed by atoms with Crippen LogP contribution in [0.4, 0.5) is 0 Å². The van der Waals surface area contributed by atoms with Crippen LogP contribution in [-0.2, 0) is 4.79 Å². The fourth-order valence-corrected chi connectivity index (χ4v) is 2.30. The first-order valence-corrected chi connectivity index (χ1v) is 7.06. The lowest BCUT2D eigenvalue weighted by Crippen LogP contribution is -2.28. The van der Waals surface area contributed by atoms with Crippen LogP contribution < -0.4 is 15.3 Å². The average molecular weight is 330 g/mol. The second-order valence-electron chi connectivity index (χ2n) is 4.80. The highest BCUT2D eigenvalue weighted by Crippen LogP contribution is 2.24. The van der Waals surface area contributed by atoms with Gasteiger partial charge >= 0.3 is 0 Å². The Morgan fingerprint density at radius 3 is 2.61 bits per heavy atom. The molecule has 1 aromatic heterocycles. The molecule has 0 saturated carbocycles. The van der Waals surface area contributed by atoms with Gasteiger partial charge in [-0.25, -0.2) is 0 Å². The van der Waals surface area contributed by atoms with E-state index in [4.69, 9.17) is 20.8 Å². The number of carbonyl (C=O) groups is 1. The monoisotopic (exact) mass is 329 g/mol. The summed E-state index contributed by atoms with van der Waals surface area (Å²) in [5, 5.41) is 11.3. The lowest BCUT2D eigenvalue weighted by atomic mass is 10.1. The van der Waals surface area contributed by atoms with Crippen LogP contribution in [-0.4, -0.2) is 12.6 Å². The van der Waals surface area contributed by atoms with Crippen molar-refractivity contribution in [1.82, 2.24) is 0 Å². The molecule has 3 aromatic rings. The molecule has 0 N–H and O–H groups in total. The van der Waals surface area contributed by atoms with Gasteiger partial charge in [0.15, 0.2) is 5.43 Å². The maximum absolute atomic E-state index is 12.6. The number of carbonyl (C=O) groups excluding carboxylic acids is 1. The van der Waals surface area contributed by atoms with Gasteiger partial charge in [0, 0.05) is 11.1 Å². The molecule has 0 amide bonds. The highest BCUT2D eigenvalue weighted by molar-refractivity contribution is 6.30. The van der Waals surface area contributed by atoms with Gasteiger partial charge in [0.1, 0.15) is 24.2 Å². The fourth-order valence-electron chi connectivity index (χ4n) is 2.17. The van der Waals surface area contributed by atoms with Crippen molar-refractivity contribution in [3.05, 3.63) is 64.0 Å². The van der Waals surface area contributed by atoms with E-state index in [1.807, 2.05) is 0 Å². The van der Waals surface area contributed by atoms with Gasteiger partial charge < -0.3 is 19.1 Å². The van der Waals surface area contributed by atoms with Crippen LogP contribution in [0.3, 0.4) is 0 Å². The quantitative estimate of drug-likeness (QED) is 0.733. The van der Waals surface area contributed by atoms with E-state index in [0.717, 1.165) is 0 Å². The Morgan fingerprint density at radius 1 is 1.17 bits per heavy atom. The summed E-state index contributed by atoms with van der Waals surface area (Å²) in [4.78, 5) is 23.0. The van der Waals surface area contributed by atoms with Gasteiger partial charge in [0.25, 0.3) is 0 Å². The molecule has 0 bridgehead atoms. The smallest absolute Gasteiger partial charge is 0.200 e. The Morgan fingerprint density at radius 2 is 1.91 bits per heavy atom. The van der Waals surface area contributed by atoms with Crippen molar-refractivity contribution in [3.8, 4) is 16.9 Å². The summed E-state index contributed by atoms with van der Waals surface area (Å²) < 4.78 is 10.5. The van der Waals surface area contributed by atoms with Gasteiger partial charge in [0.05, 0.1) is 16.9 Å². The first-order chi connectivity index (χ1) is 11.0. The summed E-state index contributed by atoms with van der Waals surface area (Å²) in [6.07, 6.45) is 1.36. The second-order valence-corrected chi connectivity index (χ2v) is 5.24. The van der Waals surface area contributed by atoms with Crippen molar-refractivity contribution >= 4 is 28.5 Å². The fraction of sp³-hybridized carbons (Fsp3) is 0.0588. The lowest BCUT2D eigenvalue weighted by molar-refractivity contribution is -0.307. The number of halogens is 1. The van der Waals surface area contributed by atoms with Gasteiger partial charge in [-0.2, -0.15) is 0 Å². The molecule has 0 aliphatic carbocycles. The van der Waals surface area contributed by atoms with Crippen LogP contribution in [0.15, 0.2) is 57.9 Å². The minimum Gasteiger partial charge on any atom is -0.546 e. The number of aliphatic carboxylic acids is 1. The van der Waals surface area contributed by atoms with Crippen LogP contribution in [0.25, 0.3) is 22.1 Å². The number of hydrogen-bond donors (Lipinski definition) is 0. The highest BCUT2D eigenvalue weighted by Gasteiger charge is 2.10. The molecule has 6 heteroatoms. The predicted molar refractivity (Wildman–Crippen MR) is 83.4 cm³/mol. The van der Waals surface area contributed by atoms with E-state index in [-0.39, 0.29) is 11.2 Å². The number of fused-ring (bicyclic) bond motifs is 1. The van der Waals surface area contributed by atoms with E-state index in [0.29, 0.717) is 27.1 Å². The zero-order valence-corrected chi connectivity index (χ0v) is 12.5. The van der Waals surface area contributed by atoms with Crippen LogP contribution in [0.5, 0.6) is 5.75 Å².